The molecule has 2 nitrogen and oxygen atoms in total. The predicted octanol–water partition coefficient (Wildman–Crippen LogP) is 6.42. The van der Waals surface area contributed by atoms with Crippen LogP contribution < -0.4 is 4.74 Å². The molecule has 0 radical (unpaired) electrons. The summed E-state index contributed by atoms with van der Waals surface area (Å²) < 4.78 is 8.23. The van der Waals surface area contributed by atoms with E-state index in [1.54, 1.807) is 0 Å². The molecule has 0 aliphatic carbocycles. The summed E-state index contributed by atoms with van der Waals surface area (Å²) in [6.07, 6.45) is 2.05. The van der Waals surface area contributed by atoms with E-state index in [1.807, 2.05) is 0 Å². The lowest BCUT2D eigenvalue weighted by molar-refractivity contribution is 0.354. The number of aromatic hydroxyl groups is 1. The Hall–Kier alpha value is 0.480. The second-order valence-corrected chi connectivity index (χ2v) is 7.52. The van der Waals surface area contributed by atoms with Gasteiger partial charge >= 0.3 is 0 Å². The molecule has 0 bridgehead atoms. The lowest BCUT2D eigenvalue weighted by atomic mass is 10.1. The van der Waals surface area contributed by atoms with Crippen LogP contribution in [0.25, 0.3) is 0 Å². The largest absolute Gasteiger partial charge is 0.505 e. The summed E-state index contributed by atoms with van der Waals surface area (Å²) in [6, 6.07) is 0. The lowest BCUT2D eigenvalue weighted by Gasteiger charge is -2.14. The average molecular weight is 522 g/mol. The highest BCUT2D eigenvalue weighted by Gasteiger charge is 2.19. The number of rotatable bonds is 4. The van der Waals surface area contributed by atoms with Crippen molar-refractivity contribution in [2.45, 2.75) is 20.8 Å². The van der Waals surface area contributed by atoms with Crippen molar-refractivity contribution in [3.05, 3.63) is 29.5 Å². The van der Waals surface area contributed by atoms with Gasteiger partial charge in [-0.15, -0.1) is 0 Å². The molecule has 0 aromatic heterocycles. The maximum absolute atomic E-state index is 9.86. The van der Waals surface area contributed by atoms with Crippen LogP contribution in [0, 0.1) is 5.92 Å². The highest BCUT2D eigenvalue weighted by molar-refractivity contribution is 9.14. The Morgan fingerprint density at radius 2 is 1.58 bits per heavy atom. The van der Waals surface area contributed by atoms with E-state index in [4.69, 9.17) is 4.74 Å². The normalized spacial score (nSPS) is 12.1. The highest BCUT2D eigenvalue weighted by atomic mass is 79.9. The minimum absolute atomic E-state index is 0.125. The smallest absolute Gasteiger partial charge is 0.150 e. The van der Waals surface area contributed by atoms with E-state index in [9.17, 15) is 5.11 Å². The Morgan fingerprint density at radius 1 is 1.11 bits per heavy atom. The van der Waals surface area contributed by atoms with Gasteiger partial charge in [0, 0.05) is 0 Å². The first-order valence-corrected chi connectivity index (χ1v) is 8.78. The number of benzene rings is 1. The SMILES string of the molecule is C/C(=C\COc1c(Br)c(Br)c(O)c(Br)c1Br)C(C)C. The Kier molecular flexibility index (Phi) is 6.90. The van der Waals surface area contributed by atoms with E-state index in [1.165, 1.54) is 5.57 Å². The summed E-state index contributed by atoms with van der Waals surface area (Å²) in [6.45, 7) is 6.85. The van der Waals surface area contributed by atoms with Crippen molar-refractivity contribution in [3.63, 3.8) is 0 Å². The quantitative estimate of drug-likeness (QED) is 0.366. The van der Waals surface area contributed by atoms with Gasteiger partial charge in [-0.25, -0.2) is 0 Å². The van der Waals surface area contributed by atoms with E-state index in [2.05, 4.69) is 90.6 Å². The molecule has 0 amide bonds. The first-order valence-electron chi connectivity index (χ1n) is 5.61. The van der Waals surface area contributed by atoms with Gasteiger partial charge in [-0.2, -0.15) is 0 Å². The number of hydrogen-bond donors (Lipinski definition) is 1. The molecule has 0 aliphatic heterocycles. The number of halogens is 4. The van der Waals surface area contributed by atoms with Gasteiger partial charge in [0.15, 0.2) is 5.75 Å². The van der Waals surface area contributed by atoms with Crippen LogP contribution in [0.4, 0.5) is 0 Å². The summed E-state index contributed by atoms with van der Waals surface area (Å²) >= 11 is 13.4. The zero-order valence-electron chi connectivity index (χ0n) is 10.7. The molecule has 0 spiro atoms. The molecular weight excluding hydrogens is 508 g/mol. The van der Waals surface area contributed by atoms with Crippen LogP contribution >= 0.6 is 63.7 Å². The summed E-state index contributed by atoms with van der Waals surface area (Å²) in [5.41, 5.74) is 1.28. The molecule has 1 rings (SSSR count). The molecule has 6 heteroatoms. The minimum atomic E-state index is 0.125. The maximum atomic E-state index is 9.86. The first kappa shape index (κ1) is 17.5. The molecule has 0 heterocycles. The summed E-state index contributed by atoms with van der Waals surface area (Å²) in [5.74, 6) is 1.28. The van der Waals surface area contributed by atoms with Gasteiger partial charge in [-0.1, -0.05) is 19.4 Å². The van der Waals surface area contributed by atoms with Crippen molar-refractivity contribution in [1.29, 1.82) is 0 Å². The zero-order valence-corrected chi connectivity index (χ0v) is 17.1. The highest BCUT2D eigenvalue weighted by Crippen LogP contribution is 2.49. The van der Waals surface area contributed by atoms with Gasteiger partial charge in [0.2, 0.25) is 0 Å². The fourth-order valence-corrected chi connectivity index (χ4v) is 3.51. The molecule has 106 valence electrons. The number of ether oxygens (including phenoxy) is 1. The summed E-state index contributed by atoms with van der Waals surface area (Å²) in [4.78, 5) is 0. The number of phenols is 1. The van der Waals surface area contributed by atoms with Gasteiger partial charge in [0.1, 0.15) is 12.4 Å². The summed E-state index contributed by atoms with van der Waals surface area (Å²) in [7, 11) is 0. The molecule has 0 saturated carbocycles. The van der Waals surface area contributed by atoms with Crippen molar-refractivity contribution in [2.24, 2.45) is 5.92 Å². The van der Waals surface area contributed by atoms with Gasteiger partial charge in [-0.3, -0.25) is 0 Å². The van der Waals surface area contributed by atoms with Crippen LogP contribution in [0.1, 0.15) is 20.8 Å². The van der Waals surface area contributed by atoms with Crippen LogP contribution in [0.5, 0.6) is 11.5 Å². The predicted molar refractivity (Wildman–Crippen MR) is 93.0 cm³/mol. The Bertz CT molecular complexity index is 481. The summed E-state index contributed by atoms with van der Waals surface area (Å²) in [5, 5.41) is 9.86. The molecule has 0 atom stereocenters. The third kappa shape index (κ3) is 4.22. The van der Waals surface area contributed by atoms with E-state index >= 15 is 0 Å². The Labute approximate surface area is 147 Å². The maximum Gasteiger partial charge on any atom is 0.150 e. The average Bonchev–Trinajstić information content (AvgIpc) is 2.37. The van der Waals surface area contributed by atoms with Crippen LogP contribution in [0.15, 0.2) is 29.5 Å². The zero-order chi connectivity index (χ0) is 14.7. The molecule has 1 aromatic rings. The van der Waals surface area contributed by atoms with E-state index in [-0.39, 0.29) is 5.75 Å². The van der Waals surface area contributed by atoms with E-state index in [0.717, 1.165) is 0 Å². The van der Waals surface area contributed by atoms with Crippen molar-refractivity contribution in [3.8, 4) is 11.5 Å². The molecular formula is C13H14Br4O2. The molecule has 19 heavy (non-hydrogen) atoms. The Morgan fingerprint density at radius 3 is 2.00 bits per heavy atom. The fourth-order valence-electron chi connectivity index (χ4n) is 1.22. The van der Waals surface area contributed by atoms with E-state index in [0.29, 0.717) is 36.2 Å². The third-order valence-electron chi connectivity index (χ3n) is 2.74. The van der Waals surface area contributed by atoms with Crippen molar-refractivity contribution in [1.82, 2.24) is 0 Å². The molecule has 1 N–H and O–H groups in total. The van der Waals surface area contributed by atoms with Gasteiger partial charge < -0.3 is 9.84 Å². The Balaban J connectivity index is 3.00. The molecule has 0 saturated heterocycles. The van der Waals surface area contributed by atoms with Crippen molar-refractivity contribution >= 4 is 63.7 Å². The number of phenolic OH excluding ortho intramolecular Hbond substituents is 1. The van der Waals surface area contributed by atoms with Gasteiger partial charge in [0.25, 0.3) is 0 Å². The van der Waals surface area contributed by atoms with Gasteiger partial charge in [-0.05, 0) is 82.6 Å². The van der Waals surface area contributed by atoms with Gasteiger partial charge in [0.05, 0.1) is 17.9 Å². The number of hydrogen-bond acceptors (Lipinski definition) is 2. The third-order valence-corrected chi connectivity index (χ3v) is 6.87. The van der Waals surface area contributed by atoms with Crippen LogP contribution in [-0.2, 0) is 0 Å². The van der Waals surface area contributed by atoms with E-state index < -0.39 is 0 Å². The number of allylic oxidation sites excluding steroid dienone is 1. The van der Waals surface area contributed by atoms with Crippen LogP contribution in [0.2, 0.25) is 0 Å². The molecule has 1 aromatic carbocycles. The second-order valence-electron chi connectivity index (χ2n) is 4.35. The van der Waals surface area contributed by atoms with Crippen molar-refractivity contribution < 1.29 is 9.84 Å². The monoisotopic (exact) mass is 518 g/mol. The molecule has 0 aliphatic rings. The lowest BCUT2D eigenvalue weighted by Crippen LogP contribution is -1.99. The first-order chi connectivity index (χ1) is 8.77. The van der Waals surface area contributed by atoms with Crippen molar-refractivity contribution in [2.75, 3.05) is 6.61 Å². The standard InChI is InChI=1S/C13H14Br4O2/c1-6(2)7(3)4-5-19-13-10(16)8(14)12(18)9(15)11(13)17/h4,6,18H,5H2,1-3H3/b7-4+. The molecule has 0 fully saturated rings. The topological polar surface area (TPSA) is 29.5 Å². The molecule has 0 unspecified atom stereocenters. The van der Waals surface area contributed by atoms with Crippen LogP contribution in [0.3, 0.4) is 0 Å². The minimum Gasteiger partial charge on any atom is -0.505 e. The van der Waals surface area contributed by atoms with Crippen LogP contribution in [-0.4, -0.2) is 11.7 Å². The fraction of sp³-hybridized carbons (Fsp3) is 0.385. The second kappa shape index (κ2) is 7.48.